The predicted molar refractivity (Wildman–Crippen MR) is 108 cm³/mol. The molecule has 0 unspecified atom stereocenters. The predicted octanol–water partition coefficient (Wildman–Crippen LogP) is 4.43. The Labute approximate surface area is 157 Å². The minimum absolute atomic E-state index is 0.135. The fourth-order valence-corrected chi connectivity index (χ4v) is 3.25. The summed E-state index contributed by atoms with van der Waals surface area (Å²) in [6.07, 6.45) is 0.932. The summed E-state index contributed by atoms with van der Waals surface area (Å²) >= 11 is 0. The summed E-state index contributed by atoms with van der Waals surface area (Å²) in [4.78, 5) is 9.54. The number of benzene rings is 2. The van der Waals surface area contributed by atoms with Crippen molar-refractivity contribution in [2.24, 2.45) is 0 Å². The van der Waals surface area contributed by atoms with Gasteiger partial charge < -0.3 is 19.7 Å². The number of aromatic amines is 1. The highest BCUT2D eigenvalue weighted by atomic mass is 16.5. The number of imidazole rings is 1. The molecule has 6 heteroatoms. The van der Waals surface area contributed by atoms with Crippen molar-refractivity contribution in [1.29, 1.82) is 5.41 Å². The molecule has 0 fully saturated rings. The van der Waals surface area contributed by atoms with E-state index >= 15 is 0 Å². The van der Waals surface area contributed by atoms with Gasteiger partial charge in [0, 0.05) is 11.8 Å². The van der Waals surface area contributed by atoms with Crippen molar-refractivity contribution in [2.45, 2.75) is 20.3 Å². The summed E-state index contributed by atoms with van der Waals surface area (Å²) < 4.78 is 5.69. The number of H-pyrrole nitrogens is 1. The number of fused-ring (bicyclic) bond motifs is 1. The molecule has 2 heterocycles. The molecule has 0 amide bonds. The highest BCUT2D eigenvalue weighted by Crippen LogP contribution is 2.32. The van der Waals surface area contributed by atoms with Crippen LogP contribution in [0.3, 0.4) is 0 Å². The Hall–Kier alpha value is -3.28. The second-order valence-electron chi connectivity index (χ2n) is 6.71. The van der Waals surface area contributed by atoms with Gasteiger partial charge in [-0.05, 0) is 43.2 Å². The van der Waals surface area contributed by atoms with Crippen LogP contribution in [0.15, 0.2) is 48.2 Å². The lowest BCUT2D eigenvalue weighted by atomic mass is 10.2. The average molecular weight is 362 g/mol. The van der Waals surface area contributed by atoms with Crippen LogP contribution in [-0.4, -0.2) is 34.1 Å². The van der Waals surface area contributed by atoms with E-state index in [1.807, 2.05) is 49.4 Å². The van der Waals surface area contributed by atoms with Crippen molar-refractivity contribution in [3.05, 3.63) is 59.6 Å². The van der Waals surface area contributed by atoms with Crippen molar-refractivity contribution in [3.63, 3.8) is 0 Å². The van der Waals surface area contributed by atoms with E-state index in [4.69, 9.17) is 10.1 Å². The molecule has 0 spiro atoms. The standard InChI is InChI=1S/C21H22N4O2/c1-3-9-27-15-6-4-5-14(11-15)25-12-18(26)19(20(25)22)21-23-16-8-7-13(2)10-17(16)24-21/h4-8,10-11,22,26H,3,9,12H2,1-2H3,(H,23,24). The summed E-state index contributed by atoms with van der Waals surface area (Å²) in [6, 6.07) is 13.5. The van der Waals surface area contributed by atoms with Crippen LogP contribution >= 0.6 is 0 Å². The van der Waals surface area contributed by atoms with Crippen LogP contribution in [0.2, 0.25) is 0 Å². The molecule has 2 aromatic carbocycles. The lowest BCUT2D eigenvalue weighted by molar-refractivity contribution is 0.317. The monoisotopic (exact) mass is 362 g/mol. The summed E-state index contributed by atoms with van der Waals surface area (Å²) in [6.45, 7) is 4.96. The van der Waals surface area contributed by atoms with Gasteiger partial charge in [0.15, 0.2) is 0 Å². The van der Waals surface area contributed by atoms with Gasteiger partial charge in [0.05, 0.1) is 29.8 Å². The third-order valence-electron chi connectivity index (χ3n) is 4.58. The van der Waals surface area contributed by atoms with Crippen molar-refractivity contribution >= 4 is 28.1 Å². The number of hydrogen-bond donors (Lipinski definition) is 3. The zero-order chi connectivity index (χ0) is 19.0. The molecule has 0 saturated heterocycles. The highest BCUT2D eigenvalue weighted by Gasteiger charge is 2.31. The molecule has 0 bridgehead atoms. The normalized spacial score (nSPS) is 14.4. The number of aliphatic hydroxyl groups is 1. The Morgan fingerprint density at radius 3 is 2.93 bits per heavy atom. The third-order valence-corrected chi connectivity index (χ3v) is 4.58. The Bertz CT molecular complexity index is 1050. The van der Waals surface area contributed by atoms with Crippen molar-refractivity contribution < 1.29 is 9.84 Å². The van der Waals surface area contributed by atoms with Crippen LogP contribution in [0.1, 0.15) is 24.7 Å². The minimum atomic E-state index is 0.135. The van der Waals surface area contributed by atoms with E-state index in [-0.39, 0.29) is 18.1 Å². The van der Waals surface area contributed by atoms with Crippen LogP contribution in [0.25, 0.3) is 16.6 Å². The van der Waals surface area contributed by atoms with E-state index in [0.29, 0.717) is 18.0 Å². The second kappa shape index (κ2) is 6.79. The van der Waals surface area contributed by atoms with E-state index < -0.39 is 0 Å². The molecule has 0 aliphatic carbocycles. The van der Waals surface area contributed by atoms with Crippen LogP contribution in [-0.2, 0) is 0 Å². The maximum absolute atomic E-state index is 10.5. The largest absolute Gasteiger partial charge is 0.509 e. The smallest absolute Gasteiger partial charge is 0.145 e. The Kier molecular flexibility index (Phi) is 4.32. The highest BCUT2D eigenvalue weighted by molar-refractivity contribution is 6.30. The summed E-state index contributed by atoms with van der Waals surface area (Å²) in [5.74, 6) is 1.62. The molecule has 1 aliphatic heterocycles. The molecule has 3 aromatic rings. The topological polar surface area (TPSA) is 85.2 Å². The van der Waals surface area contributed by atoms with Gasteiger partial charge in [-0.2, -0.15) is 0 Å². The fourth-order valence-electron chi connectivity index (χ4n) is 3.25. The van der Waals surface area contributed by atoms with Crippen LogP contribution in [0.5, 0.6) is 5.75 Å². The lowest BCUT2D eigenvalue weighted by Gasteiger charge is -2.19. The van der Waals surface area contributed by atoms with Gasteiger partial charge in [0.2, 0.25) is 0 Å². The summed E-state index contributed by atoms with van der Waals surface area (Å²) in [7, 11) is 0. The van der Waals surface area contributed by atoms with Crippen molar-refractivity contribution in [1.82, 2.24) is 9.97 Å². The molecule has 0 saturated carbocycles. The number of amidine groups is 1. The molecule has 0 radical (unpaired) electrons. The number of rotatable bonds is 5. The van der Waals surface area contributed by atoms with Gasteiger partial charge in [-0.25, -0.2) is 4.98 Å². The maximum atomic E-state index is 10.5. The summed E-state index contributed by atoms with van der Waals surface area (Å²) in [5.41, 5.74) is 4.08. The number of anilines is 1. The van der Waals surface area contributed by atoms with E-state index in [1.54, 1.807) is 4.90 Å². The second-order valence-corrected chi connectivity index (χ2v) is 6.71. The number of aliphatic hydroxyl groups excluding tert-OH is 1. The Morgan fingerprint density at radius 1 is 1.26 bits per heavy atom. The van der Waals surface area contributed by atoms with Crippen LogP contribution in [0.4, 0.5) is 5.69 Å². The molecule has 1 aliphatic rings. The van der Waals surface area contributed by atoms with Crippen LogP contribution < -0.4 is 9.64 Å². The van der Waals surface area contributed by atoms with E-state index in [9.17, 15) is 5.11 Å². The van der Waals surface area contributed by atoms with E-state index in [2.05, 4.69) is 16.9 Å². The van der Waals surface area contributed by atoms with Gasteiger partial charge in [-0.1, -0.05) is 19.1 Å². The minimum Gasteiger partial charge on any atom is -0.509 e. The third kappa shape index (κ3) is 3.14. The molecule has 27 heavy (non-hydrogen) atoms. The SMILES string of the molecule is CCCOc1cccc(N2CC(O)=C(c3nc4ccc(C)cc4[nH]3)C2=N)c1. The first-order valence-corrected chi connectivity index (χ1v) is 9.05. The molecular formula is C21H22N4O2. The number of aromatic nitrogens is 2. The van der Waals surface area contributed by atoms with Crippen molar-refractivity contribution in [3.8, 4) is 5.75 Å². The molecule has 3 N–H and O–H groups in total. The molecule has 1 aromatic heterocycles. The Balaban J connectivity index is 1.64. The number of aryl methyl sites for hydroxylation is 1. The van der Waals surface area contributed by atoms with E-state index in [0.717, 1.165) is 34.5 Å². The number of ether oxygens (including phenoxy) is 1. The quantitative estimate of drug-likeness (QED) is 0.627. The number of hydrogen-bond acceptors (Lipinski definition) is 4. The number of nitrogens with one attached hydrogen (secondary N) is 2. The van der Waals surface area contributed by atoms with Crippen LogP contribution in [0, 0.1) is 12.3 Å². The zero-order valence-electron chi connectivity index (χ0n) is 15.4. The summed E-state index contributed by atoms with van der Waals surface area (Å²) in [5, 5.41) is 19.1. The number of nitrogens with zero attached hydrogens (tertiary/aromatic N) is 2. The van der Waals surface area contributed by atoms with Gasteiger partial charge in [-0.15, -0.1) is 0 Å². The lowest BCUT2D eigenvalue weighted by Crippen LogP contribution is -2.26. The Morgan fingerprint density at radius 2 is 2.11 bits per heavy atom. The first-order chi connectivity index (χ1) is 13.1. The first kappa shape index (κ1) is 17.1. The first-order valence-electron chi connectivity index (χ1n) is 9.05. The van der Waals surface area contributed by atoms with Gasteiger partial charge in [-0.3, -0.25) is 5.41 Å². The molecular weight excluding hydrogens is 340 g/mol. The zero-order valence-corrected chi connectivity index (χ0v) is 15.4. The molecule has 0 atom stereocenters. The molecule has 138 valence electrons. The molecule has 6 nitrogen and oxygen atoms in total. The van der Waals surface area contributed by atoms with Gasteiger partial charge >= 0.3 is 0 Å². The fraction of sp³-hybridized carbons (Fsp3) is 0.238. The molecule has 4 rings (SSSR count). The van der Waals surface area contributed by atoms with E-state index in [1.165, 1.54) is 0 Å². The van der Waals surface area contributed by atoms with Crippen molar-refractivity contribution in [2.75, 3.05) is 18.1 Å². The maximum Gasteiger partial charge on any atom is 0.145 e. The average Bonchev–Trinajstić information content (AvgIpc) is 3.19. The van der Waals surface area contributed by atoms with Gasteiger partial charge in [0.1, 0.15) is 23.2 Å². The van der Waals surface area contributed by atoms with Gasteiger partial charge in [0.25, 0.3) is 0 Å².